The second-order valence-electron chi connectivity index (χ2n) is 11.9. The minimum Gasteiger partial charge on any atom is -0.462 e. The van der Waals surface area contributed by atoms with Gasteiger partial charge in [-0.3, -0.25) is 9.59 Å². The van der Waals surface area contributed by atoms with Gasteiger partial charge in [-0.2, -0.15) is 0 Å². The highest BCUT2D eigenvalue weighted by Crippen LogP contribution is 2.37. The molecule has 0 aromatic heterocycles. The Morgan fingerprint density at radius 1 is 0.805 bits per heavy atom. The second-order valence-corrected chi connectivity index (χ2v) is 11.9. The van der Waals surface area contributed by atoms with Crippen molar-refractivity contribution in [2.24, 2.45) is 11.8 Å². The predicted octanol–water partition coefficient (Wildman–Crippen LogP) is 5.77. The molecule has 1 saturated carbocycles. The van der Waals surface area contributed by atoms with Gasteiger partial charge < -0.3 is 29.9 Å². The van der Waals surface area contributed by atoms with Gasteiger partial charge in [0, 0.05) is 25.2 Å². The van der Waals surface area contributed by atoms with E-state index in [0.717, 1.165) is 64.2 Å². The third-order valence-electron chi connectivity index (χ3n) is 8.16. The molecule has 0 unspecified atom stereocenters. The first-order chi connectivity index (χ1) is 19.8. The molecule has 0 aromatic rings. The molecule has 6 atom stereocenters. The maximum atomic E-state index is 12.1. The van der Waals surface area contributed by atoms with Gasteiger partial charge in [-0.1, -0.05) is 103 Å². The molecule has 1 aliphatic rings. The first-order valence-electron chi connectivity index (χ1n) is 16.5. The summed E-state index contributed by atoms with van der Waals surface area (Å²) in [4.78, 5) is 24.1. The maximum Gasteiger partial charge on any atom is 0.306 e. The Kier molecular flexibility index (Phi) is 22.0. The van der Waals surface area contributed by atoms with Crippen LogP contribution in [0.15, 0.2) is 12.2 Å². The van der Waals surface area contributed by atoms with Gasteiger partial charge in [0.2, 0.25) is 0 Å². The lowest BCUT2D eigenvalue weighted by atomic mass is 9.88. The summed E-state index contributed by atoms with van der Waals surface area (Å²) in [5.41, 5.74) is 0. The van der Waals surface area contributed by atoms with Crippen LogP contribution in [0.25, 0.3) is 0 Å². The zero-order valence-electron chi connectivity index (χ0n) is 25.9. The molecule has 0 amide bonds. The minimum absolute atomic E-state index is 0.0297. The van der Waals surface area contributed by atoms with Crippen LogP contribution in [0.2, 0.25) is 0 Å². The smallest absolute Gasteiger partial charge is 0.306 e. The Hall–Kier alpha value is -1.48. The lowest BCUT2D eigenvalue weighted by molar-refractivity contribution is -0.161. The quantitative estimate of drug-likeness (QED) is 0.0604. The number of aliphatic hydroxyl groups is 4. The molecule has 1 fully saturated rings. The average molecular weight is 585 g/mol. The van der Waals surface area contributed by atoms with Crippen LogP contribution in [0, 0.1) is 11.8 Å². The molecule has 0 bridgehead atoms. The number of carbonyl (C=O) groups is 2. The van der Waals surface area contributed by atoms with Crippen LogP contribution < -0.4 is 0 Å². The predicted molar refractivity (Wildman–Crippen MR) is 161 cm³/mol. The second kappa shape index (κ2) is 24.0. The number of rotatable bonds is 25. The van der Waals surface area contributed by atoms with E-state index in [1.165, 1.54) is 25.7 Å². The van der Waals surface area contributed by atoms with Crippen LogP contribution in [0.4, 0.5) is 0 Å². The lowest BCUT2D eigenvalue weighted by Crippen LogP contribution is -2.28. The lowest BCUT2D eigenvalue weighted by Gasteiger charge is -2.21. The van der Waals surface area contributed by atoms with E-state index in [2.05, 4.69) is 13.8 Å². The van der Waals surface area contributed by atoms with E-state index in [9.17, 15) is 30.0 Å². The molecule has 0 radical (unpaired) electrons. The SMILES string of the molecule is CCCCCCCCCC(=O)O[C@@H](CO)COC(=O)CCCCCC[C@@H]1[C@@H](/C=C/[C@@H](O)CCCCC)[C@H](O)C[C@@H]1O. The summed E-state index contributed by atoms with van der Waals surface area (Å²) >= 11 is 0. The molecule has 0 heterocycles. The molecular formula is C33H60O8. The number of unbranched alkanes of at least 4 members (excludes halogenated alkanes) is 11. The standard InChI is InChI=1S/C33H60O8/c1-3-5-7-8-9-10-16-20-33(39)41-27(24-34)25-40-32(38)19-15-12-11-14-18-28-29(31(37)23-30(28)36)22-21-26(35)17-13-6-4-2/h21-22,26-31,34-37H,3-20,23-25H2,1-2H3/b22-21+/t26-,27-,28+,29+,30-,31+/m0/s1. The molecule has 0 aliphatic heterocycles. The Labute approximate surface area is 248 Å². The summed E-state index contributed by atoms with van der Waals surface area (Å²) in [6.45, 7) is 3.79. The van der Waals surface area contributed by atoms with Crippen LogP contribution in [-0.4, -0.2) is 70.0 Å². The van der Waals surface area contributed by atoms with Crippen molar-refractivity contribution in [3.63, 3.8) is 0 Å². The van der Waals surface area contributed by atoms with Crippen molar-refractivity contribution in [1.29, 1.82) is 0 Å². The van der Waals surface area contributed by atoms with Gasteiger partial charge in [-0.05, 0) is 31.6 Å². The number of hydrogen-bond donors (Lipinski definition) is 4. The summed E-state index contributed by atoms with van der Waals surface area (Å²) in [5, 5.41) is 40.5. The van der Waals surface area contributed by atoms with Crippen molar-refractivity contribution in [2.75, 3.05) is 13.2 Å². The molecule has 0 saturated heterocycles. The first-order valence-corrected chi connectivity index (χ1v) is 16.5. The fourth-order valence-electron chi connectivity index (χ4n) is 5.59. The van der Waals surface area contributed by atoms with E-state index in [1.807, 2.05) is 6.08 Å². The topological polar surface area (TPSA) is 134 Å². The van der Waals surface area contributed by atoms with Gasteiger partial charge in [-0.15, -0.1) is 0 Å². The highest BCUT2D eigenvalue weighted by atomic mass is 16.6. The number of aliphatic hydroxyl groups excluding tert-OH is 4. The zero-order chi connectivity index (χ0) is 30.3. The van der Waals surface area contributed by atoms with Crippen molar-refractivity contribution >= 4 is 11.9 Å². The monoisotopic (exact) mass is 584 g/mol. The van der Waals surface area contributed by atoms with E-state index in [4.69, 9.17) is 9.47 Å². The molecule has 41 heavy (non-hydrogen) atoms. The van der Waals surface area contributed by atoms with E-state index < -0.39 is 24.4 Å². The summed E-state index contributed by atoms with van der Waals surface area (Å²) in [7, 11) is 0. The molecule has 8 heteroatoms. The van der Waals surface area contributed by atoms with Gasteiger partial charge in [0.25, 0.3) is 0 Å². The van der Waals surface area contributed by atoms with Gasteiger partial charge in [-0.25, -0.2) is 0 Å². The Morgan fingerprint density at radius 2 is 1.39 bits per heavy atom. The van der Waals surface area contributed by atoms with Crippen molar-refractivity contribution in [3.05, 3.63) is 12.2 Å². The number of ether oxygens (including phenoxy) is 2. The molecular weight excluding hydrogens is 524 g/mol. The number of carbonyl (C=O) groups excluding carboxylic acids is 2. The first kappa shape index (κ1) is 37.5. The highest BCUT2D eigenvalue weighted by Gasteiger charge is 2.39. The van der Waals surface area contributed by atoms with Crippen molar-refractivity contribution < 1.29 is 39.5 Å². The van der Waals surface area contributed by atoms with Crippen molar-refractivity contribution in [1.82, 2.24) is 0 Å². The van der Waals surface area contributed by atoms with Gasteiger partial charge >= 0.3 is 11.9 Å². The van der Waals surface area contributed by atoms with Crippen LogP contribution >= 0.6 is 0 Å². The molecule has 8 nitrogen and oxygen atoms in total. The molecule has 1 rings (SSSR count). The summed E-state index contributed by atoms with van der Waals surface area (Å²) in [6, 6.07) is 0. The summed E-state index contributed by atoms with van der Waals surface area (Å²) in [5.74, 6) is -0.916. The van der Waals surface area contributed by atoms with Crippen LogP contribution in [0.5, 0.6) is 0 Å². The third kappa shape index (κ3) is 17.9. The van der Waals surface area contributed by atoms with Crippen LogP contribution in [0.1, 0.15) is 136 Å². The van der Waals surface area contributed by atoms with Gasteiger partial charge in [0.1, 0.15) is 6.61 Å². The Bertz CT molecular complexity index is 697. The van der Waals surface area contributed by atoms with Gasteiger partial charge in [0.15, 0.2) is 6.10 Å². The fourth-order valence-corrected chi connectivity index (χ4v) is 5.59. The fraction of sp³-hybridized carbons (Fsp3) is 0.879. The molecule has 0 spiro atoms. The summed E-state index contributed by atoms with van der Waals surface area (Å²) < 4.78 is 10.5. The molecule has 4 N–H and O–H groups in total. The molecule has 0 aromatic carbocycles. The van der Waals surface area contributed by atoms with E-state index in [-0.39, 0.29) is 43.4 Å². The average Bonchev–Trinajstić information content (AvgIpc) is 3.22. The van der Waals surface area contributed by atoms with Crippen molar-refractivity contribution in [2.45, 2.75) is 160 Å². The normalized spacial score (nSPS) is 22.2. The zero-order valence-corrected chi connectivity index (χ0v) is 25.9. The number of esters is 2. The van der Waals surface area contributed by atoms with Crippen LogP contribution in [-0.2, 0) is 19.1 Å². The van der Waals surface area contributed by atoms with E-state index >= 15 is 0 Å². The van der Waals surface area contributed by atoms with E-state index in [0.29, 0.717) is 25.7 Å². The van der Waals surface area contributed by atoms with Gasteiger partial charge in [0.05, 0.1) is 24.9 Å². The van der Waals surface area contributed by atoms with Crippen molar-refractivity contribution in [3.8, 4) is 0 Å². The number of hydrogen-bond acceptors (Lipinski definition) is 8. The molecule has 240 valence electrons. The highest BCUT2D eigenvalue weighted by molar-refractivity contribution is 5.70. The Balaban J connectivity index is 2.19. The summed E-state index contributed by atoms with van der Waals surface area (Å²) in [6.07, 6.45) is 17.8. The third-order valence-corrected chi connectivity index (χ3v) is 8.16. The molecule has 1 aliphatic carbocycles. The maximum absolute atomic E-state index is 12.1. The Morgan fingerprint density at radius 3 is 2.05 bits per heavy atom. The van der Waals surface area contributed by atoms with Crippen LogP contribution in [0.3, 0.4) is 0 Å². The van der Waals surface area contributed by atoms with E-state index in [1.54, 1.807) is 6.08 Å². The largest absolute Gasteiger partial charge is 0.462 e. The minimum atomic E-state index is -0.830.